The van der Waals surface area contributed by atoms with E-state index in [1.165, 1.54) is 12.4 Å². The highest BCUT2D eigenvalue weighted by Crippen LogP contribution is 2.21. The molecule has 1 aromatic rings. The second-order valence-corrected chi connectivity index (χ2v) is 2.68. The molecule has 0 unspecified atom stereocenters. The molecule has 1 aromatic heterocycles. The van der Waals surface area contributed by atoms with Gasteiger partial charge in [-0.05, 0) is 5.92 Å². The van der Waals surface area contributed by atoms with Crippen LogP contribution in [0.3, 0.4) is 0 Å². The van der Waals surface area contributed by atoms with Crippen molar-refractivity contribution in [3.8, 4) is 11.8 Å². The molecule has 0 bridgehead atoms. The van der Waals surface area contributed by atoms with Gasteiger partial charge in [-0.25, -0.2) is 0 Å². The fraction of sp³-hybridized carbons (Fsp3) is 0. The Labute approximate surface area is 79.5 Å². The van der Waals surface area contributed by atoms with Crippen LogP contribution in [0.2, 0.25) is 10.0 Å². The van der Waals surface area contributed by atoms with Gasteiger partial charge in [-0.2, -0.15) is 0 Å². The molecule has 60 valence electrons. The summed E-state index contributed by atoms with van der Waals surface area (Å²) in [6.07, 6.45) is 3.32. The molecule has 0 radical (unpaired) electrons. The summed E-state index contributed by atoms with van der Waals surface area (Å²) in [5.74, 6) is 4.73. The molecule has 1 rings (SSSR count). The molecule has 2 nitrogen and oxygen atoms in total. The van der Waals surface area contributed by atoms with Crippen LogP contribution in [-0.2, 0) is 4.79 Å². The molecule has 0 saturated carbocycles. The van der Waals surface area contributed by atoms with E-state index in [1.54, 1.807) is 0 Å². The van der Waals surface area contributed by atoms with E-state index < -0.39 is 0 Å². The van der Waals surface area contributed by atoms with Gasteiger partial charge >= 0.3 is 0 Å². The summed E-state index contributed by atoms with van der Waals surface area (Å²) in [5, 5.41) is 0.689. The number of halogens is 2. The first-order valence-electron chi connectivity index (χ1n) is 3.00. The lowest BCUT2D eigenvalue weighted by Crippen LogP contribution is -1.81. The number of hydrogen-bond donors (Lipinski definition) is 0. The topological polar surface area (TPSA) is 30.0 Å². The Bertz CT molecular complexity index is 345. The first kappa shape index (κ1) is 9.05. The van der Waals surface area contributed by atoms with Gasteiger partial charge in [0.2, 0.25) is 0 Å². The summed E-state index contributed by atoms with van der Waals surface area (Å²) in [4.78, 5) is 13.7. The third-order valence-electron chi connectivity index (χ3n) is 1.11. The monoisotopic (exact) mass is 199 g/mol. The van der Waals surface area contributed by atoms with Gasteiger partial charge < -0.3 is 0 Å². The predicted octanol–water partition coefficient (Wildman–Crippen LogP) is 1.94. The molecule has 0 aliphatic carbocycles. The summed E-state index contributed by atoms with van der Waals surface area (Å²) in [5.41, 5.74) is 0.431. The average Bonchev–Trinajstić information content (AvgIpc) is 2.04. The second-order valence-electron chi connectivity index (χ2n) is 1.87. The van der Waals surface area contributed by atoms with Crippen LogP contribution in [-0.4, -0.2) is 11.3 Å². The van der Waals surface area contributed by atoms with Crippen molar-refractivity contribution in [3.63, 3.8) is 0 Å². The van der Waals surface area contributed by atoms with Crippen molar-refractivity contribution >= 4 is 29.5 Å². The molecule has 0 saturated heterocycles. The van der Waals surface area contributed by atoms with Crippen LogP contribution in [0.5, 0.6) is 0 Å². The second kappa shape index (κ2) is 4.10. The van der Waals surface area contributed by atoms with Crippen molar-refractivity contribution < 1.29 is 4.79 Å². The molecule has 0 fully saturated rings. The van der Waals surface area contributed by atoms with E-state index in [9.17, 15) is 4.79 Å². The molecule has 0 aliphatic heterocycles. The van der Waals surface area contributed by atoms with Crippen LogP contribution in [0.15, 0.2) is 12.4 Å². The lowest BCUT2D eigenvalue weighted by molar-refractivity contribution is -0.103. The lowest BCUT2D eigenvalue weighted by Gasteiger charge is -1.95. The Hall–Kier alpha value is -1.04. The molecule has 0 N–H and O–H groups in total. The fourth-order valence-corrected chi connectivity index (χ4v) is 1.09. The van der Waals surface area contributed by atoms with Crippen molar-refractivity contribution in [2.45, 2.75) is 0 Å². The molecule has 0 aromatic carbocycles. The maximum Gasteiger partial charge on any atom is 0.193 e. The Morgan fingerprint density at radius 1 is 1.33 bits per heavy atom. The van der Waals surface area contributed by atoms with E-state index in [0.717, 1.165) is 0 Å². The number of pyridine rings is 1. The number of carbonyl (C=O) groups excluding carboxylic acids is 1. The van der Waals surface area contributed by atoms with Crippen LogP contribution in [0.25, 0.3) is 0 Å². The van der Waals surface area contributed by atoms with E-state index in [-0.39, 0.29) is 0 Å². The molecule has 0 atom stereocenters. The maximum atomic E-state index is 9.93. The predicted molar refractivity (Wildman–Crippen MR) is 47.2 cm³/mol. The molecule has 0 spiro atoms. The van der Waals surface area contributed by atoms with Crippen molar-refractivity contribution in [3.05, 3.63) is 28.0 Å². The van der Waals surface area contributed by atoms with Crippen LogP contribution >= 0.6 is 23.2 Å². The van der Waals surface area contributed by atoms with E-state index in [2.05, 4.69) is 16.8 Å². The van der Waals surface area contributed by atoms with Crippen LogP contribution in [0.1, 0.15) is 5.56 Å². The van der Waals surface area contributed by atoms with Gasteiger partial charge in [-0.1, -0.05) is 29.1 Å². The SMILES string of the molecule is O=CC#Cc1c(Cl)cncc1Cl. The first-order chi connectivity index (χ1) is 5.75. The van der Waals surface area contributed by atoms with Crippen molar-refractivity contribution in [2.24, 2.45) is 0 Å². The van der Waals surface area contributed by atoms with Gasteiger partial charge in [-0.15, -0.1) is 0 Å². The smallest absolute Gasteiger partial charge is 0.193 e. The zero-order valence-corrected chi connectivity index (χ0v) is 7.36. The van der Waals surface area contributed by atoms with Gasteiger partial charge in [0.25, 0.3) is 0 Å². The number of nitrogens with zero attached hydrogens (tertiary/aromatic N) is 1. The average molecular weight is 200 g/mol. The molecule has 0 aliphatic rings. The minimum absolute atomic E-state index is 0.344. The lowest BCUT2D eigenvalue weighted by atomic mass is 10.3. The Morgan fingerprint density at radius 2 is 1.92 bits per heavy atom. The summed E-state index contributed by atoms with van der Waals surface area (Å²) in [7, 11) is 0. The Morgan fingerprint density at radius 3 is 2.42 bits per heavy atom. The van der Waals surface area contributed by atoms with Crippen LogP contribution < -0.4 is 0 Å². The van der Waals surface area contributed by atoms with Gasteiger partial charge in [-0.3, -0.25) is 9.78 Å². The molecule has 4 heteroatoms. The Kier molecular flexibility index (Phi) is 3.09. The van der Waals surface area contributed by atoms with Crippen LogP contribution in [0, 0.1) is 11.8 Å². The highest BCUT2D eigenvalue weighted by Gasteiger charge is 2.01. The van der Waals surface area contributed by atoms with E-state index in [1.807, 2.05) is 0 Å². The van der Waals surface area contributed by atoms with Crippen LogP contribution in [0.4, 0.5) is 0 Å². The molecule has 0 amide bonds. The minimum atomic E-state index is 0.344. The molecular formula is C8H3Cl2NO. The first-order valence-corrected chi connectivity index (χ1v) is 3.75. The number of aldehydes is 1. The van der Waals surface area contributed by atoms with Gasteiger partial charge in [0, 0.05) is 12.4 Å². The molecule has 1 heterocycles. The summed E-state index contributed by atoms with van der Waals surface area (Å²) >= 11 is 11.4. The van der Waals surface area contributed by atoms with Crippen molar-refractivity contribution in [1.29, 1.82) is 0 Å². The number of rotatable bonds is 0. The summed E-state index contributed by atoms with van der Waals surface area (Å²) < 4.78 is 0. The van der Waals surface area contributed by atoms with Gasteiger partial charge in [0.05, 0.1) is 15.6 Å². The normalized spacial score (nSPS) is 8.50. The third-order valence-corrected chi connectivity index (χ3v) is 1.68. The summed E-state index contributed by atoms with van der Waals surface area (Å²) in [6, 6.07) is 0. The van der Waals surface area contributed by atoms with Gasteiger partial charge in [0.15, 0.2) is 6.29 Å². The quantitative estimate of drug-likeness (QED) is 0.473. The van der Waals surface area contributed by atoms with Crippen molar-refractivity contribution in [2.75, 3.05) is 0 Å². The third kappa shape index (κ3) is 1.97. The van der Waals surface area contributed by atoms with Gasteiger partial charge in [0.1, 0.15) is 0 Å². The van der Waals surface area contributed by atoms with E-state index in [4.69, 9.17) is 23.2 Å². The van der Waals surface area contributed by atoms with E-state index in [0.29, 0.717) is 21.9 Å². The number of aromatic nitrogens is 1. The maximum absolute atomic E-state index is 9.93. The largest absolute Gasteiger partial charge is 0.289 e. The van der Waals surface area contributed by atoms with Crippen molar-refractivity contribution in [1.82, 2.24) is 4.98 Å². The van der Waals surface area contributed by atoms with E-state index >= 15 is 0 Å². The minimum Gasteiger partial charge on any atom is -0.289 e. The zero-order chi connectivity index (χ0) is 8.97. The zero-order valence-electron chi connectivity index (χ0n) is 5.84. The Balaban J connectivity index is 3.21. The standard InChI is InChI=1S/C8H3Cl2NO/c9-7-4-11-5-8(10)6(7)2-1-3-12/h3-5H. The fourth-order valence-electron chi connectivity index (χ4n) is 0.632. The number of carbonyl (C=O) groups is 1. The highest BCUT2D eigenvalue weighted by molar-refractivity contribution is 6.36. The molecular weight excluding hydrogens is 197 g/mol. The highest BCUT2D eigenvalue weighted by atomic mass is 35.5. The molecule has 12 heavy (non-hydrogen) atoms. The summed E-state index contributed by atoms with van der Waals surface area (Å²) in [6.45, 7) is 0. The number of hydrogen-bond acceptors (Lipinski definition) is 2.